The van der Waals surface area contributed by atoms with Gasteiger partial charge in [-0.25, -0.2) is 0 Å². The van der Waals surface area contributed by atoms with E-state index in [1.807, 2.05) is 24.3 Å². The molecule has 2 nitrogen and oxygen atoms in total. The van der Waals surface area contributed by atoms with Crippen molar-refractivity contribution in [2.45, 2.75) is 26.2 Å². The van der Waals surface area contributed by atoms with Crippen LogP contribution in [-0.4, -0.2) is 12.8 Å². The zero-order valence-electron chi connectivity index (χ0n) is 8.87. The Balaban J connectivity index is 2.23. The van der Waals surface area contributed by atoms with Crippen LogP contribution in [0.3, 0.4) is 0 Å². The van der Waals surface area contributed by atoms with Gasteiger partial charge in [-0.05, 0) is 18.6 Å². The van der Waals surface area contributed by atoms with Gasteiger partial charge in [0.15, 0.2) is 0 Å². The number of rotatable bonds is 6. The third kappa shape index (κ3) is 5.57. The molecule has 0 saturated heterocycles. The number of hydrogen-bond donors (Lipinski definition) is 0. The van der Waals surface area contributed by atoms with Crippen LogP contribution < -0.4 is 0 Å². The van der Waals surface area contributed by atoms with E-state index < -0.39 is 0 Å². The molecular weight excluding hydrogens is 254 g/mol. The van der Waals surface area contributed by atoms with Crippen molar-refractivity contribution >= 4 is 22.1 Å². The minimum absolute atomic E-state index is 0.678. The van der Waals surface area contributed by atoms with Crippen LogP contribution in [0.25, 0.3) is 0 Å². The van der Waals surface area contributed by atoms with Crippen molar-refractivity contribution < 1.29 is 4.84 Å². The quantitative estimate of drug-likeness (QED) is 0.436. The normalized spacial score (nSPS) is 10.8. The maximum Gasteiger partial charge on any atom is 0.139 e. The number of nitrogens with zero attached hydrogens (tertiary/aromatic N) is 1. The lowest BCUT2D eigenvalue weighted by Crippen LogP contribution is -1.88. The van der Waals surface area contributed by atoms with Crippen LogP contribution in [0.5, 0.6) is 0 Å². The summed E-state index contributed by atoms with van der Waals surface area (Å²) in [6, 6.07) is 7.77. The predicted molar refractivity (Wildman–Crippen MR) is 66.2 cm³/mol. The first-order valence-corrected chi connectivity index (χ1v) is 5.96. The summed E-state index contributed by atoms with van der Waals surface area (Å²) in [6.45, 7) is 2.84. The summed E-state index contributed by atoms with van der Waals surface area (Å²) >= 11 is 3.37. The fourth-order valence-electron chi connectivity index (χ4n) is 1.07. The average Bonchev–Trinajstić information content (AvgIpc) is 2.26. The van der Waals surface area contributed by atoms with E-state index in [1.54, 1.807) is 0 Å². The molecule has 15 heavy (non-hydrogen) atoms. The smallest absolute Gasteiger partial charge is 0.139 e. The van der Waals surface area contributed by atoms with Gasteiger partial charge < -0.3 is 4.84 Å². The maximum atomic E-state index is 5.07. The second-order valence-corrected chi connectivity index (χ2v) is 4.17. The van der Waals surface area contributed by atoms with Crippen LogP contribution in [-0.2, 0) is 4.84 Å². The maximum absolute atomic E-state index is 5.07. The molecule has 81 valence electrons. The van der Waals surface area contributed by atoms with Crippen LogP contribution in [0.1, 0.15) is 31.7 Å². The first-order valence-electron chi connectivity index (χ1n) is 5.16. The van der Waals surface area contributed by atoms with Crippen molar-refractivity contribution in [1.82, 2.24) is 0 Å². The van der Waals surface area contributed by atoms with Gasteiger partial charge in [0.1, 0.15) is 12.8 Å². The molecular formula is C12H15BrNO. The van der Waals surface area contributed by atoms with Gasteiger partial charge in [-0.1, -0.05) is 53.0 Å². The van der Waals surface area contributed by atoms with Gasteiger partial charge in [-0.15, -0.1) is 0 Å². The highest BCUT2D eigenvalue weighted by Crippen LogP contribution is 2.09. The SMILES string of the molecule is CCCCCO/N=[C]/c1ccc(Br)cc1. The Labute approximate surface area is 99.5 Å². The van der Waals surface area contributed by atoms with E-state index in [0.717, 1.165) is 16.5 Å². The molecule has 0 heterocycles. The highest BCUT2D eigenvalue weighted by Gasteiger charge is 1.89. The van der Waals surface area contributed by atoms with Crippen molar-refractivity contribution in [3.05, 3.63) is 34.3 Å². The van der Waals surface area contributed by atoms with E-state index in [1.165, 1.54) is 12.8 Å². The molecule has 0 aromatic heterocycles. The third-order valence-electron chi connectivity index (χ3n) is 1.92. The van der Waals surface area contributed by atoms with Gasteiger partial charge in [-0.3, -0.25) is 0 Å². The van der Waals surface area contributed by atoms with Gasteiger partial charge in [0, 0.05) is 10.0 Å². The van der Waals surface area contributed by atoms with E-state index in [0.29, 0.717) is 6.61 Å². The van der Waals surface area contributed by atoms with Gasteiger partial charge in [-0.2, -0.15) is 0 Å². The Kier molecular flexibility index (Phi) is 6.09. The third-order valence-corrected chi connectivity index (χ3v) is 2.45. The lowest BCUT2D eigenvalue weighted by atomic mass is 10.2. The molecule has 1 aromatic carbocycles. The molecule has 0 aliphatic rings. The summed E-state index contributed by atoms with van der Waals surface area (Å²) < 4.78 is 1.05. The van der Waals surface area contributed by atoms with Gasteiger partial charge in [0.2, 0.25) is 0 Å². The Morgan fingerprint density at radius 1 is 1.27 bits per heavy atom. The Bertz CT molecular complexity index is 295. The van der Waals surface area contributed by atoms with Crippen molar-refractivity contribution in [3.8, 4) is 0 Å². The van der Waals surface area contributed by atoms with Gasteiger partial charge in [0.05, 0.1) is 0 Å². The highest BCUT2D eigenvalue weighted by molar-refractivity contribution is 9.10. The standard InChI is InChI=1S/C12H15BrNO/c1-2-3-4-9-15-14-10-11-5-7-12(13)8-6-11/h5-8H,2-4,9H2,1H3. The number of benzene rings is 1. The van der Waals surface area contributed by atoms with Crippen LogP contribution in [0.15, 0.2) is 33.9 Å². The van der Waals surface area contributed by atoms with Gasteiger partial charge in [0.25, 0.3) is 0 Å². The zero-order chi connectivity index (χ0) is 10.9. The van der Waals surface area contributed by atoms with Crippen LogP contribution in [0.4, 0.5) is 0 Å². The molecule has 0 N–H and O–H groups in total. The fourth-order valence-corrected chi connectivity index (χ4v) is 1.34. The Morgan fingerprint density at radius 2 is 2.00 bits per heavy atom. The van der Waals surface area contributed by atoms with Crippen molar-refractivity contribution in [3.63, 3.8) is 0 Å². The molecule has 0 saturated carbocycles. The number of hydrogen-bond acceptors (Lipinski definition) is 2. The highest BCUT2D eigenvalue weighted by atomic mass is 79.9. The Morgan fingerprint density at radius 3 is 2.67 bits per heavy atom. The fraction of sp³-hybridized carbons (Fsp3) is 0.417. The summed E-state index contributed by atoms with van der Waals surface area (Å²) in [4.78, 5) is 5.07. The molecule has 3 heteroatoms. The van der Waals surface area contributed by atoms with Gasteiger partial charge >= 0.3 is 0 Å². The van der Waals surface area contributed by atoms with Crippen LogP contribution in [0.2, 0.25) is 0 Å². The van der Waals surface area contributed by atoms with Crippen LogP contribution >= 0.6 is 15.9 Å². The first kappa shape index (κ1) is 12.2. The minimum atomic E-state index is 0.678. The molecule has 1 rings (SSSR count). The molecule has 1 aromatic rings. The second kappa shape index (κ2) is 7.46. The molecule has 0 bridgehead atoms. The molecule has 1 radical (unpaired) electrons. The number of halogens is 1. The summed E-state index contributed by atoms with van der Waals surface area (Å²) in [5.41, 5.74) is 0.925. The topological polar surface area (TPSA) is 21.6 Å². The molecule has 0 aliphatic heterocycles. The zero-order valence-corrected chi connectivity index (χ0v) is 10.5. The lowest BCUT2D eigenvalue weighted by molar-refractivity contribution is 0.141. The predicted octanol–water partition coefficient (Wildman–Crippen LogP) is 3.87. The number of unbranched alkanes of at least 4 members (excludes halogenated alkanes) is 2. The van der Waals surface area contributed by atoms with Crippen molar-refractivity contribution in [1.29, 1.82) is 0 Å². The van der Waals surface area contributed by atoms with E-state index >= 15 is 0 Å². The van der Waals surface area contributed by atoms with E-state index in [-0.39, 0.29) is 0 Å². The summed E-state index contributed by atoms with van der Waals surface area (Å²) in [5.74, 6) is 0. The molecule has 0 atom stereocenters. The average molecular weight is 269 g/mol. The monoisotopic (exact) mass is 268 g/mol. The second-order valence-electron chi connectivity index (χ2n) is 3.25. The largest absolute Gasteiger partial charge is 0.395 e. The van der Waals surface area contributed by atoms with E-state index in [4.69, 9.17) is 4.84 Å². The van der Waals surface area contributed by atoms with Crippen molar-refractivity contribution in [2.75, 3.05) is 6.61 Å². The molecule has 0 unspecified atom stereocenters. The molecule has 0 fully saturated rings. The minimum Gasteiger partial charge on any atom is -0.395 e. The van der Waals surface area contributed by atoms with Crippen LogP contribution in [0, 0.1) is 0 Å². The van der Waals surface area contributed by atoms with Crippen molar-refractivity contribution in [2.24, 2.45) is 5.16 Å². The summed E-state index contributed by atoms with van der Waals surface area (Å²) in [6.07, 6.45) is 6.27. The molecule has 0 spiro atoms. The molecule has 0 aliphatic carbocycles. The summed E-state index contributed by atoms with van der Waals surface area (Å²) in [5, 5.41) is 3.78. The van der Waals surface area contributed by atoms with E-state index in [9.17, 15) is 0 Å². The van der Waals surface area contributed by atoms with E-state index in [2.05, 4.69) is 34.2 Å². The Hall–Kier alpha value is -0.830. The first-order chi connectivity index (χ1) is 7.33. The molecule has 0 amide bonds. The lowest BCUT2D eigenvalue weighted by Gasteiger charge is -1.96. The summed E-state index contributed by atoms with van der Waals surface area (Å²) in [7, 11) is 0.